The number of aromatic nitrogens is 1. The van der Waals surface area contributed by atoms with Gasteiger partial charge < -0.3 is 10.1 Å². The van der Waals surface area contributed by atoms with Crippen LogP contribution in [-0.2, 0) is 6.54 Å². The zero-order chi connectivity index (χ0) is 21.3. The van der Waals surface area contributed by atoms with Crippen molar-refractivity contribution in [2.45, 2.75) is 27.3 Å². The van der Waals surface area contributed by atoms with Crippen LogP contribution in [0.4, 0.5) is 5.69 Å². The standard InChI is InChI=1S/C24H26N4O2/c1-4-30-22-12-10-20(11-13-22)27-24(26-16-21-7-5-6-14-25-21)28-23(29)19-9-8-17(2)18(3)15-19/h5-15H,4,16H2,1-3H3,(H2,26,27,28,29). The molecule has 0 aliphatic rings. The number of amides is 1. The van der Waals surface area contributed by atoms with Gasteiger partial charge >= 0.3 is 0 Å². The van der Waals surface area contributed by atoms with E-state index in [0.29, 0.717) is 24.7 Å². The number of hydrogen-bond acceptors (Lipinski definition) is 4. The van der Waals surface area contributed by atoms with Crippen LogP contribution in [-0.4, -0.2) is 23.5 Å². The summed E-state index contributed by atoms with van der Waals surface area (Å²) in [5, 5.41) is 6.06. The number of nitrogens with one attached hydrogen (secondary N) is 2. The van der Waals surface area contributed by atoms with E-state index in [2.05, 4.69) is 20.6 Å². The third kappa shape index (κ3) is 5.91. The van der Waals surface area contributed by atoms with Gasteiger partial charge in [0.2, 0.25) is 5.96 Å². The minimum absolute atomic E-state index is 0.226. The summed E-state index contributed by atoms with van der Waals surface area (Å²) < 4.78 is 5.48. The van der Waals surface area contributed by atoms with Crippen molar-refractivity contribution in [2.75, 3.05) is 11.9 Å². The van der Waals surface area contributed by atoms with Gasteiger partial charge in [-0.15, -0.1) is 0 Å². The summed E-state index contributed by atoms with van der Waals surface area (Å²) in [5.41, 5.74) is 4.39. The molecule has 0 spiro atoms. The van der Waals surface area contributed by atoms with Crippen LogP contribution in [0.3, 0.4) is 0 Å². The van der Waals surface area contributed by atoms with E-state index in [0.717, 1.165) is 28.3 Å². The number of carbonyl (C=O) groups is 1. The zero-order valence-electron chi connectivity index (χ0n) is 17.5. The lowest BCUT2D eigenvalue weighted by Crippen LogP contribution is -2.36. The van der Waals surface area contributed by atoms with Gasteiger partial charge in [0.25, 0.3) is 5.91 Å². The second kappa shape index (κ2) is 10.2. The first-order chi connectivity index (χ1) is 14.5. The average Bonchev–Trinajstić information content (AvgIpc) is 2.76. The molecule has 3 aromatic rings. The molecule has 0 aliphatic carbocycles. The van der Waals surface area contributed by atoms with E-state index in [1.807, 2.05) is 81.4 Å². The van der Waals surface area contributed by atoms with Crippen LogP contribution in [0, 0.1) is 13.8 Å². The molecule has 0 aliphatic heterocycles. The minimum atomic E-state index is -0.226. The summed E-state index contributed by atoms with van der Waals surface area (Å²) in [4.78, 5) is 21.6. The highest BCUT2D eigenvalue weighted by Gasteiger charge is 2.11. The molecule has 3 rings (SSSR count). The number of hydrogen-bond donors (Lipinski definition) is 2. The fraction of sp³-hybridized carbons (Fsp3) is 0.208. The molecule has 2 aromatic carbocycles. The van der Waals surface area contributed by atoms with Crippen molar-refractivity contribution in [1.29, 1.82) is 0 Å². The molecular formula is C24H26N4O2. The van der Waals surface area contributed by atoms with Crippen molar-refractivity contribution in [1.82, 2.24) is 10.3 Å². The van der Waals surface area contributed by atoms with Gasteiger partial charge in [0.15, 0.2) is 0 Å². The number of pyridine rings is 1. The van der Waals surface area contributed by atoms with Gasteiger partial charge in [-0.05, 0) is 80.4 Å². The topological polar surface area (TPSA) is 75.6 Å². The quantitative estimate of drug-likeness (QED) is 0.470. The van der Waals surface area contributed by atoms with Crippen LogP contribution in [0.25, 0.3) is 0 Å². The predicted molar refractivity (Wildman–Crippen MR) is 120 cm³/mol. The molecule has 1 aromatic heterocycles. The summed E-state index contributed by atoms with van der Waals surface area (Å²) in [5.74, 6) is 0.915. The Labute approximate surface area is 177 Å². The van der Waals surface area contributed by atoms with E-state index in [-0.39, 0.29) is 5.91 Å². The monoisotopic (exact) mass is 402 g/mol. The molecule has 30 heavy (non-hydrogen) atoms. The molecule has 6 nitrogen and oxygen atoms in total. The largest absolute Gasteiger partial charge is 0.494 e. The van der Waals surface area contributed by atoms with Gasteiger partial charge in [0.05, 0.1) is 18.8 Å². The molecule has 2 N–H and O–H groups in total. The minimum Gasteiger partial charge on any atom is -0.494 e. The van der Waals surface area contributed by atoms with Crippen LogP contribution in [0.15, 0.2) is 71.9 Å². The highest BCUT2D eigenvalue weighted by molar-refractivity contribution is 6.10. The molecule has 6 heteroatoms. The first kappa shape index (κ1) is 21.0. The maximum Gasteiger partial charge on any atom is 0.257 e. The van der Waals surface area contributed by atoms with Crippen LogP contribution in [0.1, 0.15) is 34.1 Å². The summed E-state index contributed by atoms with van der Waals surface area (Å²) in [6, 6.07) is 18.8. The SMILES string of the molecule is CCOc1ccc(NC(=NCc2ccccn2)NC(=O)c2ccc(C)c(C)c2)cc1. The maximum absolute atomic E-state index is 12.8. The number of anilines is 1. The molecule has 1 amide bonds. The average molecular weight is 402 g/mol. The maximum atomic E-state index is 12.8. The Morgan fingerprint density at radius 2 is 1.83 bits per heavy atom. The van der Waals surface area contributed by atoms with Gasteiger partial charge in [-0.3, -0.25) is 15.1 Å². The molecule has 0 saturated carbocycles. The Balaban J connectivity index is 1.79. The molecule has 0 atom stereocenters. The van der Waals surface area contributed by atoms with Crippen molar-refractivity contribution in [3.63, 3.8) is 0 Å². The van der Waals surface area contributed by atoms with Gasteiger partial charge in [-0.1, -0.05) is 12.1 Å². The fourth-order valence-electron chi connectivity index (χ4n) is 2.76. The number of benzene rings is 2. The van der Waals surface area contributed by atoms with Crippen molar-refractivity contribution < 1.29 is 9.53 Å². The third-order valence-corrected chi connectivity index (χ3v) is 4.55. The summed E-state index contributed by atoms with van der Waals surface area (Å²) in [7, 11) is 0. The Morgan fingerprint density at radius 1 is 1.03 bits per heavy atom. The van der Waals surface area contributed by atoms with E-state index in [1.54, 1.807) is 6.20 Å². The summed E-state index contributed by atoms with van der Waals surface area (Å²) in [6.07, 6.45) is 1.72. The van der Waals surface area contributed by atoms with Gasteiger partial charge in [-0.25, -0.2) is 4.99 Å². The van der Waals surface area contributed by atoms with E-state index in [4.69, 9.17) is 4.74 Å². The molecule has 0 radical (unpaired) electrons. The fourth-order valence-corrected chi connectivity index (χ4v) is 2.76. The number of carbonyl (C=O) groups excluding carboxylic acids is 1. The van der Waals surface area contributed by atoms with Gasteiger partial charge in [-0.2, -0.15) is 0 Å². The zero-order valence-corrected chi connectivity index (χ0v) is 17.5. The molecule has 0 saturated heterocycles. The number of rotatable bonds is 6. The van der Waals surface area contributed by atoms with Gasteiger partial charge in [0, 0.05) is 17.4 Å². The molecule has 0 unspecified atom stereocenters. The summed E-state index contributed by atoms with van der Waals surface area (Å²) in [6.45, 7) is 6.89. The summed E-state index contributed by atoms with van der Waals surface area (Å²) >= 11 is 0. The van der Waals surface area contributed by atoms with Crippen molar-refractivity contribution in [3.8, 4) is 5.75 Å². The van der Waals surface area contributed by atoms with Crippen molar-refractivity contribution in [2.24, 2.45) is 4.99 Å². The predicted octanol–water partition coefficient (Wildman–Crippen LogP) is 4.50. The Kier molecular flexibility index (Phi) is 7.16. The molecule has 0 bridgehead atoms. The normalized spacial score (nSPS) is 11.1. The number of nitrogens with zero attached hydrogens (tertiary/aromatic N) is 2. The number of guanidine groups is 1. The van der Waals surface area contributed by atoms with Crippen LogP contribution >= 0.6 is 0 Å². The Bertz CT molecular complexity index is 1020. The van der Waals surface area contributed by atoms with Crippen LogP contribution < -0.4 is 15.4 Å². The number of aryl methyl sites for hydroxylation is 2. The molecule has 1 heterocycles. The molecule has 154 valence electrons. The lowest BCUT2D eigenvalue weighted by molar-refractivity contribution is 0.0977. The van der Waals surface area contributed by atoms with E-state index in [9.17, 15) is 4.79 Å². The van der Waals surface area contributed by atoms with E-state index in [1.165, 1.54) is 0 Å². The first-order valence-electron chi connectivity index (χ1n) is 9.88. The number of ether oxygens (including phenoxy) is 1. The van der Waals surface area contributed by atoms with Gasteiger partial charge in [0.1, 0.15) is 5.75 Å². The second-order valence-corrected chi connectivity index (χ2v) is 6.82. The smallest absolute Gasteiger partial charge is 0.257 e. The van der Waals surface area contributed by atoms with Crippen LogP contribution in [0.2, 0.25) is 0 Å². The van der Waals surface area contributed by atoms with Crippen molar-refractivity contribution >= 4 is 17.6 Å². The second-order valence-electron chi connectivity index (χ2n) is 6.82. The van der Waals surface area contributed by atoms with E-state index < -0.39 is 0 Å². The molecular weight excluding hydrogens is 376 g/mol. The molecule has 0 fully saturated rings. The first-order valence-corrected chi connectivity index (χ1v) is 9.88. The lowest BCUT2D eigenvalue weighted by atomic mass is 10.1. The number of aliphatic imine (C=N–C) groups is 1. The highest BCUT2D eigenvalue weighted by atomic mass is 16.5. The van der Waals surface area contributed by atoms with Crippen LogP contribution in [0.5, 0.6) is 5.75 Å². The lowest BCUT2D eigenvalue weighted by Gasteiger charge is -2.13. The van der Waals surface area contributed by atoms with E-state index >= 15 is 0 Å². The van der Waals surface area contributed by atoms with Crippen molar-refractivity contribution in [3.05, 3.63) is 89.2 Å². The Hall–Kier alpha value is -3.67. The third-order valence-electron chi connectivity index (χ3n) is 4.55. The highest BCUT2D eigenvalue weighted by Crippen LogP contribution is 2.16. The Morgan fingerprint density at radius 3 is 2.50 bits per heavy atom.